The molecule has 0 bridgehead atoms. The van der Waals surface area contributed by atoms with Crippen LogP contribution in [-0.2, 0) is 0 Å². The fourth-order valence-corrected chi connectivity index (χ4v) is 2.67. The van der Waals surface area contributed by atoms with Crippen LogP contribution in [0.2, 0.25) is 0 Å². The van der Waals surface area contributed by atoms with E-state index in [1.54, 1.807) is 0 Å². The van der Waals surface area contributed by atoms with Gasteiger partial charge in [-0.05, 0) is 24.0 Å². The number of hydrogen-bond acceptors (Lipinski definition) is 4. The lowest BCUT2D eigenvalue weighted by Crippen LogP contribution is -2.36. The van der Waals surface area contributed by atoms with Gasteiger partial charge in [0.15, 0.2) is 0 Å². The summed E-state index contributed by atoms with van der Waals surface area (Å²) in [4.78, 5) is 6.76. The van der Waals surface area contributed by atoms with E-state index in [0.717, 1.165) is 26.2 Å². The van der Waals surface area contributed by atoms with Gasteiger partial charge in [0.05, 0.1) is 0 Å². The van der Waals surface area contributed by atoms with Gasteiger partial charge in [0.2, 0.25) is 0 Å². The monoisotopic (exact) mass is 286 g/mol. The Morgan fingerprint density at radius 2 is 1.95 bits per heavy atom. The van der Waals surface area contributed by atoms with Crippen LogP contribution >= 0.6 is 0 Å². The Morgan fingerprint density at radius 3 is 2.67 bits per heavy atom. The van der Waals surface area contributed by atoms with E-state index in [1.165, 1.54) is 16.3 Å². The van der Waals surface area contributed by atoms with Gasteiger partial charge < -0.3 is 16.0 Å². The SMILES string of the molecule is CCN(CC)CCNC(CN)c1cncc2ccccc12. The van der Waals surface area contributed by atoms with Gasteiger partial charge in [-0.3, -0.25) is 4.98 Å². The molecule has 2 aromatic rings. The normalized spacial score (nSPS) is 13.0. The standard InChI is InChI=1S/C17H26N4/c1-3-21(4-2)10-9-20-17(11-18)16-13-19-12-14-7-5-6-8-15(14)16/h5-8,12-13,17,20H,3-4,9-11,18H2,1-2H3. The molecule has 4 heteroatoms. The summed E-state index contributed by atoms with van der Waals surface area (Å²) in [6, 6.07) is 8.49. The third-order valence-corrected chi connectivity index (χ3v) is 4.02. The first-order chi connectivity index (χ1) is 10.3. The third kappa shape index (κ3) is 4.00. The minimum atomic E-state index is 0.152. The van der Waals surface area contributed by atoms with Crippen molar-refractivity contribution in [3.63, 3.8) is 0 Å². The van der Waals surface area contributed by atoms with Gasteiger partial charge in [0.25, 0.3) is 0 Å². The van der Waals surface area contributed by atoms with Crippen molar-refractivity contribution in [3.05, 3.63) is 42.2 Å². The summed E-state index contributed by atoms with van der Waals surface area (Å²) in [5.74, 6) is 0. The van der Waals surface area contributed by atoms with Crippen molar-refractivity contribution in [1.82, 2.24) is 15.2 Å². The van der Waals surface area contributed by atoms with E-state index in [4.69, 9.17) is 5.73 Å². The summed E-state index contributed by atoms with van der Waals surface area (Å²) < 4.78 is 0. The molecule has 0 radical (unpaired) electrons. The van der Waals surface area contributed by atoms with Crippen molar-refractivity contribution in [3.8, 4) is 0 Å². The van der Waals surface area contributed by atoms with Crippen LogP contribution in [-0.4, -0.2) is 42.6 Å². The van der Waals surface area contributed by atoms with Gasteiger partial charge >= 0.3 is 0 Å². The molecule has 1 atom stereocenters. The van der Waals surface area contributed by atoms with Crippen molar-refractivity contribution < 1.29 is 0 Å². The molecule has 1 heterocycles. The highest BCUT2D eigenvalue weighted by molar-refractivity contribution is 5.85. The first-order valence-electron chi connectivity index (χ1n) is 7.78. The molecule has 4 nitrogen and oxygen atoms in total. The van der Waals surface area contributed by atoms with E-state index in [1.807, 2.05) is 18.5 Å². The zero-order valence-electron chi connectivity index (χ0n) is 13.0. The molecule has 114 valence electrons. The van der Waals surface area contributed by atoms with E-state index in [0.29, 0.717) is 6.54 Å². The highest BCUT2D eigenvalue weighted by Gasteiger charge is 2.12. The molecule has 0 fully saturated rings. The first kappa shape index (κ1) is 15.9. The fraction of sp³-hybridized carbons (Fsp3) is 0.471. The number of fused-ring (bicyclic) bond motifs is 1. The lowest BCUT2D eigenvalue weighted by atomic mass is 10.0. The maximum Gasteiger partial charge on any atom is 0.0466 e. The molecule has 0 saturated heterocycles. The summed E-state index contributed by atoms with van der Waals surface area (Å²) in [5.41, 5.74) is 7.16. The van der Waals surface area contributed by atoms with Gasteiger partial charge in [-0.15, -0.1) is 0 Å². The molecule has 0 aliphatic heterocycles. The predicted molar refractivity (Wildman–Crippen MR) is 89.3 cm³/mol. The van der Waals surface area contributed by atoms with E-state index in [9.17, 15) is 0 Å². The van der Waals surface area contributed by atoms with Crippen LogP contribution in [0.4, 0.5) is 0 Å². The van der Waals surface area contributed by atoms with E-state index >= 15 is 0 Å². The van der Waals surface area contributed by atoms with E-state index in [2.05, 4.69) is 47.2 Å². The Kier molecular flexibility index (Phi) is 6.11. The van der Waals surface area contributed by atoms with Crippen molar-refractivity contribution in [2.75, 3.05) is 32.7 Å². The molecule has 0 saturated carbocycles. The van der Waals surface area contributed by atoms with Crippen LogP contribution < -0.4 is 11.1 Å². The topological polar surface area (TPSA) is 54.2 Å². The van der Waals surface area contributed by atoms with Crippen LogP contribution in [0.15, 0.2) is 36.7 Å². The quantitative estimate of drug-likeness (QED) is 0.781. The summed E-state index contributed by atoms with van der Waals surface area (Å²) in [5, 5.41) is 5.97. The molecule has 0 spiro atoms. The average Bonchev–Trinajstić information content (AvgIpc) is 2.55. The lowest BCUT2D eigenvalue weighted by Gasteiger charge is -2.22. The first-order valence-corrected chi connectivity index (χ1v) is 7.78. The molecule has 0 aliphatic rings. The number of rotatable bonds is 8. The minimum absolute atomic E-state index is 0.152. The average molecular weight is 286 g/mol. The number of hydrogen-bond donors (Lipinski definition) is 2. The zero-order valence-corrected chi connectivity index (χ0v) is 13.0. The molecule has 1 aromatic carbocycles. The Bertz CT molecular complexity index is 546. The molecule has 2 rings (SSSR count). The summed E-state index contributed by atoms with van der Waals surface area (Å²) in [6.07, 6.45) is 3.84. The molecular weight excluding hydrogens is 260 g/mol. The number of nitrogens with two attached hydrogens (primary N) is 1. The molecule has 21 heavy (non-hydrogen) atoms. The van der Waals surface area contributed by atoms with E-state index < -0.39 is 0 Å². The third-order valence-electron chi connectivity index (χ3n) is 4.02. The Balaban J connectivity index is 2.09. The molecule has 0 aliphatic carbocycles. The fourth-order valence-electron chi connectivity index (χ4n) is 2.67. The molecular formula is C17H26N4. The Hall–Kier alpha value is -1.49. The van der Waals surface area contributed by atoms with Gasteiger partial charge in [-0.25, -0.2) is 0 Å². The molecule has 1 aromatic heterocycles. The van der Waals surface area contributed by atoms with Gasteiger partial charge in [-0.2, -0.15) is 0 Å². The van der Waals surface area contributed by atoms with Crippen molar-refractivity contribution in [1.29, 1.82) is 0 Å². The van der Waals surface area contributed by atoms with Crippen LogP contribution in [0, 0.1) is 0 Å². The van der Waals surface area contributed by atoms with Crippen molar-refractivity contribution in [2.45, 2.75) is 19.9 Å². The van der Waals surface area contributed by atoms with Crippen molar-refractivity contribution >= 4 is 10.8 Å². The van der Waals surface area contributed by atoms with Gasteiger partial charge in [0.1, 0.15) is 0 Å². The number of benzene rings is 1. The van der Waals surface area contributed by atoms with Crippen LogP contribution in [0.25, 0.3) is 10.8 Å². The minimum Gasteiger partial charge on any atom is -0.329 e. The number of likely N-dealkylation sites (N-methyl/N-ethyl adjacent to an activating group) is 1. The Labute approximate surface area is 127 Å². The largest absolute Gasteiger partial charge is 0.329 e. The second-order valence-electron chi connectivity index (χ2n) is 5.22. The summed E-state index contributed by atoms with van der Waals surface area (Å²) in [7, 11) is 0. The second kappa shape index (κ2) is 8.08. The molecule has 0 amide bonds. The highest BCUT2D eigenvalue weighted by atomic mass is 15.1. The zero-order chi connectivity index (χ0) is 15.1. The highest BCUT2D eigenvalue weighted by Crippen LogP contribution is 2.22. The van der Waals surface area contributed by atoms with Gasteiger partial charge in [0, 0.05) is 43.5 Å². The van der Waals surface area contributed by atoms with E-state index in [-0.39, 0.29) is 6.04 Å². The van der Waals surface area contributed by atoms with Crippen LogP contribution in [0.3, 0.4) is 0 Å². The second-order valence-corrected chi connectivity index (χ2v) is 5.22. The summed E-state index contributed by atoms with van der Waals surface area (Å²) >= 11 is 0. The predicted octanol–water partition coefficient (Wildman–Crippen LogP) is 2.17. The number of nitrogens with zero attached hydrogens (tertiary/aromatic N) is 2. The van der Waals surface area contributed by atoms with Crippen LogP contribution in [0.1, 0.15) is 25.5 Å². The number of nitrogens with one attached hydrogen (secondary N) is 1. The number of pyridine rings is 1. The Morgan fingerprint density at radius 1 is 1.19 bits per heavy atom. The summed E-state index contributed by atoms with van der Waals surface area (Å²) in [6.45, 7) is 9.11. The lowest BCUT2D eigenvalue weighted by molar-refractivity contribution is 0.297. The van der Waals surface area contributed by atoms with Crippen LogP contribution in [0.5, 0.6) is 0 Å². The smallest absolute Gasteiger partial charge is 0.0466 e. The maximum absolute atomic E-state index is 5.97. The molecule has 1 unspecified atom stereocenters. The van der Waals surface area contributed by atoms with Gasteiger partial charge in [-0.1, -0.05) is 38.1 Å². The maximum atomic E-state index is 5.97. The van der Waals surface area contributed by atoms with Crippen molar-refractivity contribution in [2.24, 2.45) is 5.73 Å². The molecule has 3 N–H and O–H groups in total. The number of aromatic nitrogens is 1.